The first-order chi connectivity index (χ1) is 7.67. The SMILES string of the molecule is CCC(CO)N1CN(CO)C(=O)N(CO)C1. The minimum atomic E-state index is -0.395. The summed E-state index contributed by atoms with van der Waals surface area (Å²) < 4.78 is 0. The fraction of sp³-hybridized carbons (Fsp3) is 0.889. The monoisotopic (exact) mass is 233 g/mol. The van der Waals surface area contributed by atoms with Gasteiger partial charge in [-0.15, -0.1) is 0 Å². The molecule has 1 unspecified atom stereocenters. The topological polar surface area (TPSA) is 87.5 Å². The van der Waals surface area contributed by atoms with Crippen LogP contribution in [0.1, 0.15) is 13.3 Å². The van der Waals surface area contributed by atoms with Crippen molar-refractivity contribution < 1.29 is 20.1 Å². The zero-order valence-corrected chi connectivity index (χ0v) is 9.41. The molecule has 2 amide bonds. The first kappa shape index (κ1) is 13.2. The van der Waals surface area contributed by atoms with Gasteiger partial charge in [0.1, 0.15) is 13.5 Å². The lowest BCUT2D eigenvalue weighted by atomic mass is 10.2. The summed E-state index contributed by atoms with van der Waals surface area (Å²) in [6.07, 6.45) is 0.739. The molecule has 0 spiro atoms. The van der Waals surface area contributed by atoms with Crippen molar-refractivity contribution in [3.8, 4) is 0 Å². The standard InChI is InChI=1S/C9H19N3O4/c1-2-8(3-13)10-4-11(6-14)9(16)12(5-10)7-15/h8,13-15H,2-7H2,1H3. The largest absolute Gasteiger partial charge is 0.395 e. The van der Waals surface area contributed by atoms with Gasteiger partial charge in [0.05, 0.1) is 19.9 Å². The van der Waals surface area contributed by atoms with Crippen LogP contribution in [-0.4, -0.2) is 75.5 Å². The Labute approximate surface area is 94.5 Å². The summed E-state index contributed by atoms with van der Waals surface area (Å²) in [5.74, 6) is 0. The van der Waals surface area contributed by atoms with Crippen LogP contribution in [0.15, 0.2) is 0 Å². The third-order valence-corrected chi connectivity index (χ3v) is 2.79. The zero-order chi connectivity index (χ0) is 12.1. The highest BCUT2D eigenvalue weighted by Crippen LogP contribution is 2.13. The van der Waals surface area contributed by atoms with E-state index in [1.165, 1.54) is 9.80 Å². The van der Waals surface area contributed by atoms with Crippen molar-refractivity contribution >= 4 is 6.03 Å². The van der Waals surface area contributed by atoms with E-state index in [2.05, 4.69) is 0 Å². The Hall–Kier alpha value is -0.890. The number of carbonyl (C=O) groups excluding carboxylic acids is 1. The van der Waals surface area contributed by atoms with E-state index in [1.54, 1.807) is 0 Å². The van der Waals surface area contributed by atoms with Crippen LogP contribution in [0.25, 0.3) is 0 Å². The van der Waals surface area contributed by atoms with Crippen LogP contribution in [0.4, 0.5) is 4.79 Å². The number of urea groups is 1. The second-order valence-corrected chi connectivity index (χ2v) is 3.76. The van der Waals surface area contributed by atoms with E-state index in [9.17, 15) is 9.90 Å². The lowest BCUT2D eigenvalue weighted by Crippen LogP contribution is -2.61. The maximum Gasteiger partial charge on any atom is 0.325 e. The van der Waals surface area contributed by atoms with Crippen LogP contribution in [0.5, 0.6) is 0 Å². The Morgan fingerprint density at radius 2 is 1.69 bits per heavy atom. The molecule has 1 atom stereocenters. The molecule has 1 rings (SSSR count). The van der Waals surface area contributed by atoms with Gasteiger partial charge in [0.2, 0.25) is 0 Å². The molecule has 0 radical (unpaired) electrons. The third kappa shape index (κ3) is 2.62. The van der Waals surface area contributed by atoms with Gasteiger partial charge in [-0.2, -0.15) is 0 Å². The van der Waals surface area contributed by atoms with Gasteiger partial charge in [-0.05, 0) is 6.42 Å². The maximum absolute atomic E-state index is 11.6. The molecule has 0 bridgehead atoms. The molecular weight excluding hydrogens is 214 g/mol. The van der Waals surface area contributed by atoms with Gasteiger partial charge >= 0.3 is 6.03 Å². The fourth-order valence-electron chi connectivity index (χ4n) is 1.75. The normalized spacial score (nSPS) is 20.4. The number of rotatable bonds is 5. The van der Waals surface area contributed by atoms with Gasteiger partial charge in [0.15, 0.2) is 0 Å². The van der Waals surface area contributed by atoms with E-state index in [0.717, 1.165) is 6.42 Å². The molecule has 0 aromatic carbocycles. The van der Waals surface area contributed by atoms with Gasteiger partial charge in [-0.3, -0.25) is 14.7 Å². The lowest BCUT2D eigenvalue weighted by molar-refractivity contribution is -0.0513. The van der Waals surface area contributed by atoms with E-state index in [1.807, 2.05) is 11.8 Å². The summed E-state index contributed by atoms with van der Waals surface area (Å²) in [6, 6.07) is -0.467. The molecule has 94 valence electrons. The Kier molecular flexibility index (Phi) is 4.94. The van der Waals surface area contributed by atoms with E-state index >= 15 is 0 Å². The van der Waals surface area contributed by atoms with Crippen LogP contribution >= 0.6 is 0 Å². The lowest BCUT2D eigenvalue weighted by Gasteiger charge is -2.43. The van der Waals surface area contributed by atoms with Crippen molar-refractivity contribution in [2.45, 2.75) is 19.4 Å². The van der Waals surface area contributed by atoms with E-state index in [0.29, 0.717) is 0 Å². The van der Waals surface area contributed by atoms with E-state index in [4.69, 9.17) is 10.2 Å². The van der Waals surface area contributed by atoms with Crippen molar-refractivity contribution in [1.29, 1.82) is 0 Å². The molecule has 7 heteroatoms. The minimum Gasteiger partial charge on any atom is -0.395 e. The number of aliphatic hydroxyl groups excluding tert-OH is 3. The Bertz CT molecular complexity index is 219. The predicted molar refractivity (Wildman–Crippen MR) is 56.0 cm³/mol. The summed E-state index contributed by atoms with van der Waals surface area (Å²) in [5, 5.41) is 27.2. The fourth-order valence-corrected chi connectivity index (χ4v) is 1.75. The average molecular weight is 233 g/mol. The Morgan fingerprint density at radius 3 is 2.00 bits per heavy atom. The molecule has 0 aliphatic carbocycles. The first-order valence-corrected chi connectivity index (χ1v) is 5.28. The molecule has 0 aromatic heterocycles. The highest BCUT2D eigenvalue weighted by Gasteiger charge is 2.32. The maximum atomic E-state index is 11.6. The van der Waals surface area contributed by atoms with Crippen LogP contribution in [-0.2, 0) is 0 Å². The second kappa shape index (κ2) is 6.00. The van der Waals surface area contributed by atoms with Crippen LogP contribution < -0.4 is 0 Å². The number of amides is 2. The molecule has 1 saturated heterocycles. The molecule has 7 nitrogen and oxygen atoms in total. The summed E-state index contributed by atoms with van der Waals surface area (Å²) in [5.41, 5.74) is 0. The molecule has 1 heterocycles. The molecule has 1 aliphatic rings. The van der Waals surface area contributed by atoms with Crippen molar-refractivity contribution in [2.24, 2.45) is 0 Å². The number of nitrogens with zero attached hydrogens (tertiary/aromatic N) is 3. The van der Waals surface area contributed by atoms with Crippen molar-refractivity contribution in [1.82, 2.24) is 14.7 Å². The number of hydrogen-bond acceptors (Lipinski definition) is 5. The van der Waals surface area contributed by atoms with Gasteiger partial charge in [-0.25, -0.2) is 4.79 Å². The quantitative estimate of drug-likeness (QED) is 0.544. The van der Waals surface area contributed by atoms with Gasteiger partial charge in [0, 0.05) is 6.04 Å². The number of carbonyl (C=O) groups is 1. The van der Waals surface area contributed by atoms with Gasteiger partial charge < -0.3 is 15.3 Å². The highest BCUT2D eigenvalue weighted by atomic mass is 16.3. The van der Waals surface area contributed by atoms with E-state index in [-0.39, 0.29) is 26.0 Å². The molecule has 0 saturated carbocycles. The first-order valence-electron chi connectivity index (χ1n) is 5.28. The summed E-state index contributed by atoms with van der Waals surface area (Å²) in [7, 11) is 0. The molecular formula is C9H19N3O4. The van der Waals surface area contributed by atoms with Gasteiger partial charge in [0.25, 0.3) is 0 Å². The summed E-state index contributed by atoms with van der Waals surface area (Å²) in [4.78, 5) is 15.8. The number of hydrogen-bond donors (Lipinski definition) is 3. The molecule has 16 heavy (non-hydrogen) atoms. The molecule has 1 aliphatic heterocycles. The highest BCUT2D eigenvalue weighted by molar-refractivity contribution is 5.74. The van der Waals surface area contributed by atoms with Crippen molar-refractivity contribution in [3.63, 3.8) is 0 Å². The zero-order valence-electron chi connectivity index (χ0n) is 9.41. The second-order valence-electron chi connectivity index (χ2n) is 3.76. The smallest absolute Gasteiger partial charge is 0.325 e. The van der Waals surface area contributed by atoms with Crippen LogP contribution in [0, 0.1) is 0 Å². The Morgan fingerprint density at radius 1 is 1.19 bits per heavy atom. The van der Waals surface area contributed by atoms with Gasteiger partial charge in [-0.1, -0.05) is 6.92 Å². The number of aliphatic hydroxyl groups is 3. The molecule has 3 N–H and O–H groups in total. The van der Waals surface area contributed by atoms with Crippen LogP contribution in [0.3, 0.4) is 0 Å². The predicted octanol–water partition coefficient (Wildman–Crippen LogP) is -1.39. The molecule has 0 aromatic rings. The summed E-state index contributed by atoms with van der Waals surface area (Å²) >= 11 is 0. The van der Waals surface area contributed by atoms with Crippen molar-refractivity contribution in [2.75, 3.05) is 33.4 Å². The van der Waals surface area contributed by atoms with Crippen molar-refractivity contribution in [3.05, 3.63) is 0 Å². The summed E-state index contributed by atoms with van der Waals surface area (Å²) in [6.45, 7) is 1.67. The molecule has 1 fully saturated rings. The third-order valence-electron chi connectivity index (χ3n) is 2.79. The van der Waals surface area contributed by atoms with Crippen LogP contribution in [0.2, 0.25) is 0 Å². The Balaban J connectivity index is 2.71. The average Bonchev–Trinajstić information content (AvgIpc) is 2.32. The minimum absolute atomic E-state index is 0.0107. The van der Waals surface area contributed by atoms with E-state index < -0.39 is 19.5 Å².